The second kappa shape index (κ2) is 6.11. The molecule has 0 aliphatic carbocycles. The van der Waals surface area contributed by atoms with Crippen molar-refractivity contribution in [2.45, 2.75) is 44.9 Å². The number of rotatable bonds is 5. The van der Waals surface area contributed by atoms with E-state index in [9.17, 15) is 18.0 Å². The lowest BCUT2D eigenvalue weighted by molar-refractivity contribution is -0.200. The third-order valence-corrected chi connectivity index (χ3v) is 2.96. The van der Waals surface area contributed by atoms with Crippen LogP contribution in [0.3, 0.4) is 0 Å². The summed E-state index contributed by atoms with van der Waals surface area (Å²) >= 11 is 0. The molecule has 1 aromatic heterocycles. The smallest absolute Gasteiger partial charge is 0.382 e. The molecule has 0 saturated heterocycles. The molecule has 1 unspecified atom stereocenters. The van der Waals surface area contributed by atoms with Gasteiger partial charge in [0.2, 0.25) is 5.89 Å². The van der Waals surface area contributed by atoms with E-state index < -0.39 is 29.9 Å². The maximum Gasteiger partial charge on any atom is 0.413 e. The highest BCUT2D eigenvalue weighted by atomic mass is 19.4. The molecule has 1 heterocycles. The van der Waals surface area contributed by atoms with E-state index in [2.05, 4.69) is 20.2 Å². The Morgan fingerprint density at radius 3 is 2.27 bits per heavy atom. The largest absolute Gasteiger partial charge is 0.413 e. The molecule has 10 heteroatoms. The van der Waals surface area contributed by atoms with Gasteiger partial charge in [0.25, 0.3) is 0 Å². The van der Waals surface area contributed by atoms with Gasteiger partial charge in [-0.1, -0.05) is 5.16 Å². The third kappa shape index (κ3) is 4.09. The van der Waals surface area contributed by atoms with Crippen molar-refractivity contribution in [2.24, 2.45) is 0 Å². The molecular weight excluding hydrogens is 305 g/mol. The lowest BCUT2D eigenvalue weighted by Gasteiger charge is -2.33. The molecule has 0 radical (unpaired) electrons. The van der Waals surface area contributed by atoms with Crippen LogP contribution >= 0.6 is 0 Å². The van der Waals surface area contributed by atoms with Crippen LogP contribution in [-0.2, 0) is 10.3 Å². The third-order valence-electron chi connectivity index (χ3n) is 2.96. The standard InChI is InChI=1S/C12H19F3N4O3/c1-7-16-8(19-22-7)10(2,3)17-9(20)18-11(4,6-21-5)12(13,14)15/h6H2,1-5H3,(H2,17,18,20). The first-order valence-corrected chi connectivity index (χ1v) is 6.38. The van der Waals surface area contributed by atoms with Crippen molar-refractivity contribution in [3.05, 3.63) is 11.7 Å². The molecule has 22 heavy (non-hydrogen) atoms. The van der Waals surface area contributed by atoms with E-state index in [-0.39, 0.29) is 11.7 Å². The minimum absolute atomic E-state index is 0.153. The summed E-state index contributed by atoms with van der Waals surface area (Å²) in [5.74, 6) is 0.436. The fourth-order valence-electron chi connectivity index (χ4n) is 1.65. The quantitative estimate of drug-likeness (QED) is 0.863. The summed E-state index contributed by atoms with van der Waals surface area (Å²) in [5, 5.41) is 7.91. The second-order valence-electron chi connectivity index (χ2n) is 5.60. The van der Waals surface area contributed by atoms with Gasteiger partial charge in [0.05, 0.1) is 12.1 Å². The zero-order valence-electron chi connectivity index (χ0n) is 13.0. The minimum atomic E-state index is -4.67. The Hall–Kier alpha value is -1.84. The molecule has 2 N–H and O–H groups in total. The predicted molar refractivity (Wildman–Crippen MR) is 70.1 cm³/mol. The summed E-state index contributed by atoms with van der Waals surface area (Å²) in [6.45, 7) is 4.76. The van der Waals surface area contributed by atoms with E-state index in [1.165, 1.54) is 13.8 Å². The Kier molecular flexibility index (Phi) is 5.06. The topological polar surface area (TPSA) is 89.3 Å². The van der Waals surface area contributed by atoms with Crippen LogP contribution in [0.2, 0.25) is 0 Å². The average Bonchev–Trinajstić information content (AvgIpc) is 2.74. The Morgan fingerprint density at radius 1 is 1.27 bits per heavy atom. The molecule has 0 aliphatic rings. The van der Waals surface area contributed by atoms with Gasteiger partial charge in [-0.25, -0.2) is 4.79 Å². The van der Waals surface area contributed by atoms with Gasteiger partial charge < -0.3 is 19.9 Å². The highest BCUT2D eigenvalue weighted by molar-refractivity contribution is 5.75. The number of urea groups is 1. The zero-order chi connectivity index (χ0) is 17.2. The predicted octanol–water partition coefficient (Wildman–Crippen LogP) is 1.88. The van der Waals surface area contributed by atoms with Crippen molar-refractivity contribution in [3.63, 3.8) is 0 Å². The molecule has 1 aromatic rings. The Morgan fingerprint density at radius 2 is 1.86 bits per heavy atom. The van der Waals surface area contributed by atoms with Crippen LogP contribution in [-0.4, -0.2) is 41.6 Å². The number of aromatic nitrogens is 2. The number of nitrogens with one attached hydrogen (secondary N) is 2. The second-order valence-corrected chi connectivity index (χ2v) is 5.60. The first kappa shape index (κ1) is 18.2. The van der Waals surface area contributed by atoms with E-state index in [1.807, 2.05) is 5.32 Å². The highest BCUT2D eigenvalue weighted by Crippen LogP contribution is 2.30. The van der Waals surface area contributed by atoms with Crippen LogP contribution in [0.4, 0.5) is 18.0 Å². The number of hydrogen-bond donors (Lipinski definition) is 2. The SMILES string of the molecule is COCC(C)(NC(=O)NC(C)(C)c1noc(C)n1)C(F)(F)F. The minimum Gasteiger partial charge on any atom is -0.382 e. The van der Waals surface area contributed by atoms with Crippen molar-refractivity contribution >= 4 is 6.03 Å². The monoisotopic (exact) mass is 324 g/mol. The fourth-order valence-corrected chi connectivity index (χ4v) is 1.65. The molecule has 1 atom stereocenters. The summed E-state index contributed by atoms with van der Waals surface area (Å²) in [7, 11) is 1.12. The molecule has 0 aliphatic heterocycles. The van der Waals surface area contributed by atoms with Crippen LogP contribution in [0.25, 0.3) is 0 Å². The number of nitrogens with zero attached hydrogens (tertiary/aromatic N) is 2. The van der Waals surface area contributed by atoms with Crippen LogP contribution in [0, 0.1) is 6.92 Å². The molecule has 0 aromatic carbocycles. The molecule has 0 bridgehead atoms. The Labute approximate surface area is 125 Å². The molecule has 126 valence electrons. The number of methoxy groups -OCH3 is 1. The molecule has 1 rings (SSSR count). The first-order chi connectivity index (χ1) is 9.91. The molecular formula is C12H19F3N4O3. The van der Waals surface area contributed by atoms with E-state index in [1.54, 1.807) is 6.92 Å². The first-order valence-electron chi connectivity index (χ1n) is 6.38. The van der Waals surface area contributed by atoms with E-state index in [0.717, 1.165) is 14.0 Å². The Bertz CT molecular complexity index is 530. The van der Waals surface area contributed by atoms with Gasteiger partial charge in [-0.15, -0.1) is 0 Å². The summed E-state index contributed by atoms with van der Waals surface area (Å²) in [6.07, 6.45) is -4.67. The van der Waals surface area contributed by atoms with Gasteiger partial charge in [0.1, 0.15) is 0 Å². The summed E-state index contributed by atoms with van der Waals surface area (Å²) in [5.41, 5.74) is -3.63. The van der Waals surface area contributed by atoms with Crippen molar-refractivity contribution in [3.8, 4) is 0 Å². The van der Waals surface area contributed by atoms with Crippen LogP contribution in [0.5, 0.6) is 0 Å². The number of ether oxygens (including phenoxy) is 1. The Balaban J connectivity index is 2.84. The van der Waals surface area contributed by atoms with Gasteiger partial charge in [-0.05, 0) is 20.8 Å². The highest BCUT2D eigenvalue weighted by Gasteiger charge is 2.52. The van der Waals surface area contributed by atoms with Gasteiger partial charge in [0.15, 0.2) is 11.4 Å². The number of hydrogen-bond acceptors (Lipinski definition) is 5. The number of alkyl halides is 3. The van der Waals surface area contributed by atoms with Crippen molar-refractivity contribution in [2.75, 3.05) is 13.7 Å². The molecule has 2 amide bonds. The van der Waals surface area contributed by atoms with Crippen LogP contribution in [0.15, 0.2) is 4.52 Å². The maximum absolute atomic E-state index is 13.0. The molecule has 0 saturated carbocycles. The molecule has 7 nitrogen and oxygen atoms in total. The summed E-state index contributed by atoms with van der Waals surface area (Å²) in [4.78, 5) is 15.9. The van der Waals surface area contributed by atoms with Crippen LogP contribution < -0.4 is 10.6 Å². The van der Waals surface area contributed by atoms with Gasteiger partial charge in [0, 0.05) is 14.0 Å². The number of carbonyl (C=O) groups excluding carboxylic acids is 1. The van der Waals surface area contributed by atoms with Crippen molar-refractivity contribution in [1.29, 1.82) is 0 Å². The number of aryl methyl sites for hydroxylation is 1. The van der Waals surface area contributed by atoms with E-state index in [4.69, 9.17) is 4.52 Å². The normalized spacial score (nSPS) is 15.3. The summed E-state index contributed by atoms with van der Waals surface area (Å²) < 4.78 is 48.5. The number of amides is 2. The fraction of sp³-hybridized carbons (Fsp3) is 0.750. The van der Waals surface area contributed by atoms with Crippen molar-refractivity contribution in [1.82, 2.24) is 20.8 Å². The van der Waals surface area contributed by atoms with Gasteiger partial charge in [-0.3, -0.25) is 0 Å². The van der Waals surface area contributed by atoms with Gasteiger partial charge in [-0.2, -0.15) is 18.2 Å². The van der Waals surface area contributed by atoms with Crippen LogP contribution in [0.1, 0.15) is 32.5 Å². The zero-order valence-corrected chi connectivity index (χ0v) is 13.0. The average molecular weight is 324 g/mol. The number of carbonyl (C=O) groups is 1. The van der Waals surface area contributed by atoms with Gasteiger partial charge >= 0.3 is 12.2 Å². The van der Waals surface area contributed by atoms with E-state index >= 15 is 0 Å². The molecule has 0 spiro atoms. The molecule has 0 fully saturated rings. The van der Waals surface area contributed by atoms with E-state index in [0.29, 0.717) is 0 Å². The number of halogens is 3. The lowest BCUT2D eigenvalue weighted by Crippen LogP contribution is -2.63. The summed E-state index contributed by atoms with van der Waals surface area (Å²) in [6, 6.07) is -1.02. The maximum atomic E-state index is 13.0. The van der Waals surface area contributed by atoms with Crippen molar-refractivity contribution < 1.29 is 27.2 Å². The lowest BCUT2D eigenvalue weighted by atomic mass is 10.0.